The van der Waals surface area contributed by atoms with E-state index in [0.29, 0.717) is 19.5 Å². The Hall–Kier alpha value is -1.79. The number of carboxylic acid groups (broad SMARTS) is 1. The average molecular weight is 243 g/mol. The Bertz CT molecular complexity index is 332. The topological polar surface area (TPSA) is 98.7 Å². The standard InChI is InChI=1S/C10H17N3O4/c1-3-7-8(14)11-4-5-13(7)10(17)12-6(2)9(15)16/h6-7H,3-5H2,1-2H3,(H,11,14)(H,12,17)(H,15,16)/t6-,7?/m0/s1. The first kappa shape index (κ1) is 13.3. The van der Waals surface area contributed by atoms with Gasteiger partial charge in [0.25, 0.3) is 0 Å². The van der Waals surface area contributed by atoms with Crippen molar-refractivity contribution in [1.82, 2.24) is 15.5 Å². The van der Waals surface area contributed by atoms with Gasteiger partial charge in [0.15, 0.2) is 0 Å². The summed E-state index contributed by atoms with van der Waals surface area (Å²) in [7, 11) is 0. The van der Waals surface area contributed by atoms with E-state index in [0.717, 1.165) is 0 Å². The van der Waals surface area contributed by atoms with Gasteiger partial charge < -0.3 is 20.6 Å². The summed E-state index contributed by atoms with van der Waals surface area (Å²) in [5.41, 5.74) is 0. The van der Waals surface area contributed by atoms with Gasteiger partial charge in [0.2, 0.25) is 5.91 Å². The Morgan fingerprint density at radius 1 is 1.65 bits per heavy atom. The number of rotatable bonds is 3. The lowest BCUT2D eigenvalue weighted by Gasteiger charge is -2.34. The van der Waals surface area contributed by atoms with Crippen LogP contribution in [0.25, 0.3) is 0 Å². The molecule has 2 atom stereocenters. The van der Waals surface area contributed by atoms with Crippen molar-refractivity contribution in [2.24, 2.45) is 0 Å². The van der Waals surface area contributed by atoms with Crippen molar-refractivity contribution < 1.29 is 19.5 Å². The molecule has 0 saturated carbocycles. The van der Waals surface area contributed by atoms with E-state index in [1.807, 2.05) is 0 Å². The zero-order valence-electron chi connectivity index (χ0n) is 9.90. The van der Waals surface area contributed by atoms with Crippen molar-refractivity contribution in [1.29, 1.82) is 0 Å². The number of amides is 3. The summed E-state index contributed by atoms with van der Waals surface area (Å²) < 4.78 is 0. The summed E-state index contributed by atoms with van der Waals surface area (Å²) >= 11 is 0. The van der Waals surface area contributed by atoms with Crippen molar-refractivity contribution in [2.75, 3.05) is 13.1 Å². The van der Waals surface area contributed by atoms with E-state index in [1.54, 1.807) is 6.92 Å². The summed E-state index contributed by atoms with van der Waals surface area (Å²) in [5, 5.41) is 13.7. The van der Waals surface area contributed by atoms with Crippen LogP contribution < -0.4 is 10.6 Å². The number of nitrogens with zero attached hydrogens (tertiary/aromatic N) is 1. The van der Waals surface area contributed by atoms with Crippen molar-refractivity contribution in [3.8, 4) is 0 Å². The molecule has 3 N–H and O–H groups in total. The molecule has 96 valence electrons. The molecule has 0 aromatic rings. The highest BCUT2D eigenvalue weighted by atomic mass is 16.4. The molecule has 0 aliphatic carbocycles. The SMILES string of the molecule is CCC1C(=O)NCCN1C(=O)N[C@@H](C)C(=O)O. The second-order valence-corrected chi connectivity index (χ2v) is 3.92. The Morgan fingerprint density at radius 2 is 2.29 bits per heavy atom. The zero-order valence-corrected chi connectivity index (χ0v) is 9.90. The van der Waals surface area contributed by atoms with Crippen LogP contribution in [-0.2, 0) is 9.59 Å². The summed E-state index contributed by atoms with van der Waals surface area (Å²) in [6.07, 6.45) is 0.501. The first-order chi connectivity index (χ1) is 7.97. The largest absolute Gasteiger partial charge is 0.480 e. The van der Waals surface area contributed by atoms with Gasteiger partial charge in [0.05, 0.1) is 0 Å². The summed E-state index contributed by atoms with van der Waals surface area (Å²) in [6.45, 7) is 3.97. The molecule has 7 nitrogen and oxygen atoms in total. The molecule has 0 aromatic carbocycles. The molecule has 1 rings (SSSR count). The fraction of sp³-hybridized carbons (Fsp3) is 0.700. The Labute approximate surface area is 99.2 Å². The van der Waals surface area contributed by atoms with Gasteiger partial charge in [0, 0.05) is 13.1 Å². The van der Waals surface area contributed by atoms with Gasteiger partial charge in [-0.2, -0.15) is 0 Å². The fourth-order valence-electron chi connectivity index (χ4n) is 1.69. The number of carbonyl (C=O) groups excluding carboxylic acids is 2. The molecule has 7 heteroatoms. The maximum atomic E-state index is 11.8. The van der Waals surface area contributed by atoms with Crippen LogP contribution in [0.1, 0.15) is 20.3 Å². The van der Waals surface area contributed by atoms with E-state index >= 15 is 0 Å². The maximum absolute atomic E-state index is 11.8. The highest BCUT2D eigenvalue weighted by Gasteiger charge is 2.32. The van der Waals surface area contributed by atoms with Gasteiger partial charge in [-0.05, 0) is 13.3 Å². The molecule has 3 amide bonds. The number of carbonyl (C=O) groups is 3. The predicted octanol–water partition coefficient (Wildman–Crippen LogP) is -0.620. The van der Waals surface area contributed by atoms with E-state index in [-0.39, 0.29) is 5.91 Å². The third-order valence-corrected chi connectivity index (χ3v) is 2.69. The summed E-state index contributed by atoms with van der Waals surface area (Å²) in [5.74, 6) is -1.30. The number of piperazine rings is 1. The molecular formula is C10H17N3O4. The third kappa shape index (κ3) is 3.08. The minimum atomic E-state index is -1.10. The van der Waals surface area contributed by atoms with Crippen molar-refractivity contribution in [3.63, 3.8) is 0 Å². The van der Waals surface area contributed by atoms with Crippen LogP contribution in [0.15, 0.2) is 0 Å². The van der Waals surface area contributed by atoms with Gasteiger partial charge in [0.1, 0.15) is 12.1 Å². The van der Waals surface area contributed by atoms with E-state index in [9.17, 15) is 14.4 Å². The highest BCUT2D eigenvalue weighted by molar-refractivity contribution is 5.89. The molecule has 1 fully saturated rings. The lowest BCUT2D eigenvalue weighted by Crippen LogP contribution is -2.60. The minimum Gasteiger partial charge on any atom is -0.480 e. The van der Waals surface area contributed by atoms with Gasteiger partial charge in [-0.15, -0.1) is 0 Å². The van der Waals surface area contributed by atoms with Crippen molar-refractivity contribution in [3.05, 3.63) is 0 Å². The average Bonchev–Trinajstić information content (AvgIpc) is 2.28. The first-order valence-electron chi connectivity index (χ1n) is 5.55. The molecule has 0 radical (unpaired) electrons. The van der Waals surface area contributed by atoms with Crippen molar-refractivity contribution in [2.45, 2.75) is 32.4 Å². The van der Waals surface area contributed by atoms with Crippen LogP contribution in [0.3, 0.4) is 0 Å². The van der Waals surface area contributed by atoms with E-state index in [4.69, 9.17) is 5.11 Å². The molecule has 17 heavy (non-hydrogen) atoms. The third-order valence-electron chi connectivity index (χ3n) is 2.69. The molecule has 0 spiro atoms. The number of urea groups is 1. The number of carboxylic acids is 1. The predicted molar refractivity (Wildman–Crippen MR) is 59.4 cm³/mol. The van der Waals surface area contributed by atoms with Crippen LogP contribution in [0.2, 0.25) is 0 Å². The van der Waals surface area contributed by atoms with Gasteiger partial charge in [-0.1, -0.05) is 6.92 Å². The molecule has 1 aliphatic rings. The normalized spacial score (nSPS) is 21.6. The van der Waals surface area contributed by atoms with Crippen LogP contribution >= 0.6 is 0 Å². The Kier molecular flexibility index (Phi) is 4.30. The highest BCUT2D eigenvalue weighted by Crippen LogP contribution is 2.08. The van der Waals surface area contributed by atoms with Crippen LogP contribution in [-0.4, -0.2) is 53.1 Å². The molecule has 1 heterocycles. The summed E-state index contributed by atoms with van der Waals surface area (Å²) in [6, 6.07) is -2.00. The fourth-order valence-corrected chi connectivity index (χ4v) is 1.69. The van der Waals surface area contributed by atoms with E-state index in [2.05, 4.69) is 10.6 Å². The lowest BCUT2D eigenvalue weighted by molar-refractivity contribution is -0.138. The zero-order chi connectivity index (χ0) is 13.0. The molecule has 1 aliphatic heterocycles. The van der Waals surface area contributed by atoms with Gasteiger partial charge in [-0.25, -0.2) is 4.79 Å². The van der Waals surface area contributed by atoms with Crippen LogP contribution in [0, 0.1) is 0 Å². The molecule has 0 bridgehead atoms. The van der Waals surface area contributed by atoms with Crippen LogP contribution in [0.4, 0.5) is 4.79 Å². The Balaban J connectivity index is 2.66. The van der Waals surface area contributed by atoms with Gasteiger partial charge in [-0.3, -0.25) is 9.59 Å². The quantitative estimate of drug-likeness (QED) is 0.615. The maximum Gasteiger partial charge on any atom is 0.325 e. The van der Waals surface area contributed by atoms with Gasteiger partial charge >= 0.3 is 12.0 Å². The molecule has 1 saturated heterocycles. The van der Waals surface area contributed by atoms with Crippen LogP contribution in [0.5, 0.6) is 0 Å². The van der Waals surface area contributed by atoms with E-state index < -0.39 is 24.1 Å². The second kappa shape index (κ2) is 5.51. The number of hydrogen-bond acceptors (Lipinski definition) is 3. The molecule has 1 unspecified atom stereocenters. The molecule has 0 aromatic heterocycles. The number of aliphatic carboxylic acids is 1. The number of hydrogen-bond donors (Lipinski definition) is 3. The monoisotopic (exact) mass is 243 g/mol. The number of nitrogens with one attached hydrogen (secondary N) is 2. The minimum absolute atomic E-state index is 0.197. The summed E-state index contributed by atoms with van der Waals surface area (Å²) in [4.78, 5) is 35.3. The molecular weight excluding hydrogens is 226 g/mol. The van der Waals surface area contributed by atoms with E-state index in [1.165, 1.54) is 11.8 Å². The first-order valence-corrected chi connectivity index (χ1v) is 5.55. The Morgan fingerprint density at radius 3 is 2.82 bits per heavy atom. The smallest absolute Gasteiger partial charge is 0.325 e. The van der Waals surface area contributed by atoms with Crippen molar-refractivity contribution >= 4 is 17.9 Å². The second-order valence-electron chi connectivity index (χ2n) is 3.92. The lowest BCUT2D eigenvalue weighted by atomic mass is 10.1.